The van der Waals surface area contributed by atoms with Crippen molar-refractivity contribution in [1.82, 2.24) is 9.80 Å². The SMILES string of the molecule is COc1ccc(N2CCN(C(=O)CC(c3ccc(OC)c(OC)c3)N3Cc4ccccc4C3=O)CC2)cc1. The predicted molar refractivity (Wildman–Crippen MR) is 145 cm³/mol. The Kier molecular flexibility index (Phi) is 7.40. The Morgan fingerprint density at radius 3 is 2.21 bits per heavy atom. The fraction of sp³-hybridized carbons (Fsp3) is 0.333. The molecule has 1 unspecified atom stereocenters. The van der Waals surface area contributed by atoms with Gasteiger partial charge >= 0.3 is 0 Å². The number of carbonyl (C=O) groups excluding carboxylic acids is 2. The van der Waals surface area contributed by atoms with Crippen LogP contribution in [0.3, 0.4) is 0 Å². The highest BCUT2D eigenvalue weighted by Crippen LogP contribution is 2.37. The summed E-state index contributed by atoms with van der Waals surface area (Å²) in [5.74, 6) is 1.97. The Morgan fingerprint density at radius 2 is 1.55 bits per heavy atom. The molecule has 0 spiro atoms. The first kappa shape index (κ1) is 25.4. The summed E-state index contributed by atoms with van der Waals surface area (Å²) >= 11 is 0. The lowest BCUT2D eigenvalue weighted by molar-refractivity contribution is -0.132. The Hall–Kier alpha value is -4.20. The summed E-state index contributed by atoms with van der Waals surface area (Å²) in [4.78, 5) is 33.0. The van der Waals surface area contributed by atoms with Gasteiger partial charge in [0.05, 0.1) is 33.8 Å². The minimum absolute atomic E-state index is 0.0305. The third-order valence-electron chi connectivity index (χ3n) is 7.46. The first-order chi connectivity index (χ1) is 18.5. The molecule has 2 heterocycles. The monoisotopic (exact) mass is 515 g/mol. The molecule has 0 aromatic heterocycles. The Bertz CT molecular complexity index is 1300. The minimum Gasteiger partial charge on any atom is -0.497 e. The topological polar surface area (TPSA) is 71.6 Å². The quantitative estimate of drug-likeness (QED) is 0.449. The van der Waals surface area contributed by atoms with Crippen molar-refractivity contribution in [1.29, 1.82) is 0 Å². The number of anilines is 1. The number of piperazine rings is 1. The number of benzene rings is 3. The lowest BCUT2D eigenvalue weighted by atomic mass is 10.00. The molecule has 3 aromatic rings. The molecular formula is C30H33N3O5. The Labute approximate surface area is 223 Å². The standard InChI is InChI=1S/C30H33N3O5/c1-36-24-11-9-23(10-12-24)31-14-16-32(17-15-31)29(34)19-26(21-8-13-27(37-2)28(18-21)38-3)33-20-22-6-4-5-7-25(22)30(33)35/h4-13,18,26H,14-17,19-20H2,1-3H3. The fourth-order valence-electron chi connectivity index (χ4n) is 5.30. The average molecular weight is 516 g/mol. The van der Waals surface area contributed by atoms with Crippen LogP contribution in [0.5, 0.6) is 17.2 Å². The number of hydrogen-bond donors (Lipinski definition) is 0. The highest BCUT2D eigenvalue weighted by molar-refractivity contribution is 5.99. The number of rotatable bonds is 8. The largest absolute Gasteiger partial charge is 0.497 e. The molecule has 38 heavy (non-hydrogen) atoms. The molecule has 0 aliphatic carbocycles. The van der Waals surface area contributed by atoms with Gasteiger partial charge in [0.2, 0.25) is 5.91 Å². The van der Waals surface area contributed by atoms with Crippen LogP contribution in [0.2, 0.25) is 0 Å². The summed E-state index contributed by atoms with van der Waals surface area (Å²) in [6.07, 6.45) is 0.192. The molecule has 8 nitrogen and oxygen atoms in total. The average Bonchev–Trinajstić information content (AvgIpc) is 3.31. The van der Waals surface area contributed by atoms with E-state index in [4.69, 9.17) is 14.2 Å². The molecule has 0 radical (unpaired) electrons. The molecule has 0 N–H and O–H groups in total. The van der Waals surface area contributed by atoms with Gasteiger partial charge in [0.1, 0.15) is 5.75 Å². The number of methoxy groups -OCH3 is 3. The molecule has 0 bridgehead atoms. The predicted octanol–water partition coefficient (Wildman–Crippen LogP) is 4.15. The third-order valence-corrected chi connectivity index (χ3v) is 7.46. The molecule has 0 saturated carbocycles. The molecule has 3 aromatic carbocycles. The lowest BCUT2D eigenvalue weighted by Gasteiger charge is -2.37. The summed E-state index contributed by atoms with van der Waals surface area (Å²) < 4.78 is 16.2. The van der Waals surface area contributed by atoms with E-state index < -0.39 is 6.04 Å². The lowest BCUT2D eigenvalue weighted by Crippen LogP contribution is -2.49. The highest BCUT2D eigenvalue weighted by atomic mass is 16.5. The van der Waals surface area contributed by atoms with E-state index in [1.165, 1.54) is 0 Å². The van der Waals surface area contributed by atoms with Gasteiger partial charge in [-0.3, -0.25) is 9.59 Å². The first-order valence-electron chi connectivity index (χ1n) is 12.8. The summed E-state index contributed by atoms with van der Waals surface area (Å²) in [6.45, 7) is 3.20. The van der Waals surface area contributed by atoms with Crippen molar-refractivity contribution in [2.75, 3.05) is 52.4 Å². The summed E-state index contributed by atoms with van der Waals surface area (Å²) in [5.41, 5.74) is 3.62. The van der Waals surface area contributed by atoms with Gasteiger partial charge in [-0.2, -0.15) is 0 Å². The molecule has 1 atom stereocenters. The maximum atomic E-state index is 13.6. The van der Waals surface area contributed by atoms with Crippen LogP contribution >= 0.6 is 0 Å². The van der Waals surface area contributed by atoms with Crippen LogP contribution in [0.4, 0.5) is 5.69 Å². The zero-order chi connectivity index (χ0) is 26.6. The Morgan fingerprint density at radius 1 is 0.842 bits per heavy atom. The molecule has 2 amide bonds. The number of nitrogens with zero attached hydrogens (tertiary/aromatic N) is 3. The maximum Gasteiger partial charge on any atom is 0.255 e. The normalized spacial score (nSPS) is 15.8. The van der Waals surface area contributed by atoms with Crippen molar-refractivity contribution in [3.63, 3.8) is 0 Å². The van der Waals surface area contributed by atoms with E-state index in [2.05, 4.69) is 4.90 Å². The van der Waals surface area contributed by atoms with Crippen LogP contribution in [0, 0.1) is 0 Å². The van der Waals surface area contributed by atoms with Gasteiger partial charge in [0.25, 0.3) is 5.91 Å². The van der Waals surface area contributed by atoms with Crippen molar-refractivity contribution in [3.05, 3.63) is 83.4 Å². The van der Waals surface area contributed by atoms with E-state index >= 15 is 0 Å². The molecule has 1 fully saturated rings. The van der Waals surface area contributed by atoms with E-state index in [1.54, 1.807) is 26.2 Å². The van der Waals surface area contributed by atoms with E-state index in [-0.39, 0.29) is 18.2 Å². The second kappa shape index (κ2) is 11.0. The van der Waals surface area contributed by atoms with Gasteiger partial charge in [-0.15, -0.1) is 0 Å². The molecule has 2 aliphatic rings. The van der Waals surface area contributed by atoms with Gasteiger partial charge in [-0.25, -0.2) is 0 Å². The molecule has 2 aliphatic heterocycles. The molecule has 8 heteroatoms. The van der Waals surface area contributed by atoms with Crippen LogP contribution in [-0.4, -0.2) is 69.1 Å². The second-order valence-corrected chi connectivity index (χ2v) is 9.49. The van der Waals surface area contributed by atoms with E-state index in [1.807, 2.05) is 71.6 Å². The zero-order valence-electron chi connectivity index (χ0n) is 22.1. The first-order valence-corrected chi connectivity index (χ1v) is 12.8. The van der Waals surface area contributed by atoms with E-state index in [0.29, 0.717) is 36.7 Å². The van der Waals surface area contributed by atoms with Gasteiger partial charge in [0.15, 0.2) is 11.5 Å². The number of amides is 2. The molecule has 1 saturated heterocycles. The van der Waals surface area contributed by atoms with Gasteiger partial charge in [-0.05, 0) is 53.6 Å². The number of carbonyl (C=O) groups is 2. The smallest absolute Gasteiger partial charge is 0.255 e. The summed E-state index contributed by atoms with van der Waals surface area (Å²) in [7, 11) is 4.83. The molecular weight excluding hydrogens is 482 g/mol. The van der Waals surface area contributed by atoms with Crippen molar-refractivity contribution in [3.8, 4) is 17.2 Å². The molecule has 198 valence electrons. The van der Waals surface area contributed by atoms with Crippen LogP contribution in [0.1, 0.15) is 33.9 Å². The van der Waals surface area contributed by atoms with Crippen molar-refractivity contribution >= 4 is 17.5 Å². The fourth-order valence-corrected chi connectivity index (χ4v) is 5.30. The number of fused-ring (bicyclic) bond motifs is 1. The van der Waals surface area contributed by atoms with Crippen LogP contribution in [0.25, 0.3) is 0 Å². The van der Waals surface area contributed by atoms with Gasteiger partial charge in [-0.1, -0.05) is 24.3 Å². The van der Waals surface area contributed by atoms with Gasteiger partial charge in [0, 0.05) is 44.0 Å². The maximum absolute atomic E-state index is 13.6. The number of ether oxygens (including phenoxy) is 3. The van der Waals surface area contributed by atoms with Crippen LogP contribution in [0.15, 0.2) is 66.7 Å². The van der Waals surface area contributed by atoms with E-state index in [0.717, 1.165) is 35.7 Å². The highest BCUT2D eigenvalue weighted by Gasteiger charge is 2.36. The molecule has 5 rings (SSSR count). The minimum atomic E-state index is -0.429. The van der Waals surface area contributed by atoms with Crippen LogP contribution in [-0.2, 0) is 11.3 Å². The van der Waals surface area contributed by atoms with Crippen molar-refractivity contribution in [2.45, 2.75) is 19.0 Å². The third kappa shape index (κ3) is 4.98. The number of hydrogen-bond acceptors (Lipinski definition) is 6. The van der Waals surface area contributed by atoms with Crippen LogP contribution < -0.4 is 19.1 Å². The van der Waals surface area contributed by atoms with E-state index in [9.17, 15) is 9.59 Å². The summed E-state index contributed by atoms with van der Waals surface area (Å²) in [5, 5.41) is 0. The second-order valence-electron chi connectivity index (χ2n) is 9.49. The Balaban J connectivity index is 1.34. The summed E-state index contributed by atoms with van der Waals surface area (Å²) in [6, 6.07) is 20.8. The van der Waals surface area contributed by atoms with Gasteiger partial charge < -0.3 is 28.9 Å². The van der Waals surface area contributed by atoms with Crippen molar-refractivity contribution < 1.29 is 23.8 Å². The van der Waals surface area contributed by atoms with Crippen molar-refractivity contribution in [2.24, 2.45) is 0 Å². The zero-order valence-corrected chi connectivity index (χ0v) is 22.1.